The molecule has 2 N–H and O–H groups in total. The van der Waals surface area contributed by atoms with Gasteiger partial charge in [0.15, 0.2) is 0 Å². The van der Waals surface area contributed by atoms with E-state index in [1.807, 2.05) is 24.3 Å². The molecule has 2 aromatic rings. The second-order valence-corrected chi connectivity index (χ2v) is 4.84. The molecule has 0 saturated heterocycles. The van der Waals surface area contributed by atoms with Gasteiger partial charge in [0, 0.05) is 24.0 Å². The summed E-state index contributed by atoms with van der Waals surface area (Å²) in [5, 5.41) is 0. The topological polar surface area (TPSA) is 38.5 Å². The first kappa shape index (κ1) is 14.3. The molecule has 0 heterocycles. The first-order valence-corrected chi connectivity index (χ1v) is 6.99. The van der Waals surface area contributed by atoms with Crippen LogP contribution in [0.1, 0.15) is 12.5 Å². The van der Waals surface area contributed by atoms with Gasteiger partial charge < -0.3 is 15.4 Å². The molecule has 3 nitrogen and oxygen atoms in total. The maximum absolute atomic E-state index is 5.75. The van der Waals surface area contributed by atoms with Crippen molar-refractivity contribution in [3.8, 4) is 5.75 Å². The van der Waals surface area contributed by atoms with Crippen molar-refractivity contribution in [2.75, 3.05) is 30.3 Å². The number of nitrogen functional groups attached to an aromatic ring is 1. The second-order valence-electron chi connectivity index (χ2n) is 4.84. The molecular formula is C17H22N2O. The van der Waals surface area contributed by atoms with Crippen molar-refractivity contribution < 1.29 is 4.74 Å². The molecule has 0 unspecified atom stereocenters. The van der Waals surface area contributed by atoms with Gasteiger partial charge in [0.25, 0.3) is 0 Å². The molecule has 0 aliphatic heterocycles. The van der Waals surface area contributed by atoms with Crippen LogP contribution in [0.3, 0.4) is 0 Å². The summed E-state index contributed by atoms with van der Waals surface area (Å²) in [6.07, 6.45) is 0. The predicted octanol–water partition coefficient (Wildman–Crippen LogP) is 3.48. The molecule has 0 amide bonds. The normalized spacial score (nSPS) is 10.3. The molecule has 0 bridgehead atoms. The van der Waals surface area contributed by atoms with Crippen molar-refractivity contribution in [3.63, 3.8) is 0 Å². The van der Waals surface area contributed by atoms with Gasteiger partial charge in [-0.1, -0.05) is 18.2 Å². The van der Waals surface area contributed by atoms with E-state index in [0.717, 1.165) is 24.5 Å². The fourth-order valence-corrected chi connectivity index (χ4v) is 2.17. The number of nitrogens with zero attached hydrogens (tertiary/aromatic N) is 1. The molecule has 0 spiro atoms. The third-order valence-electron chi connectivity index (χ3n) is 3.24. The molecule has 0 fully saturated rings. The number of hydrogen-bond acceptors (Lipinski definition) is 3. The Morgan fingerprint density at radius 1 is 1.10 bits per heavy atom. The zero-order valence-electron chi connectivity index (χ0n) is 12.2. The highest BCUT2D eigenvalue weighted by Gasteiger charge is 2.04. The highest BCUT2D eigenvalue weighted by molar-refractivity contribution is 5.48. The van der Waals surface area contributed by atoms with E-state index in [-0.39, 0.29) is 0 Å². The number of benzene rings is 2. The molecule has 0 aliphatic rings. The standard InChI is InChI=1S/C17H22N2O/c1-3-19(16-8-4-6-14(2)12-16)10-11-20-17-9-5-7-15(18)13-17/h4-9,12-13H,3,10-11,18H2,1-2H3. The molecule has 0 saturated carbocycles. The Balaban J connectivity index is 1.91. The summed E-state index contributed by atoms with van der Waals surface area (Å²) in [7, 11) is 0. The summed E-state index contributed by atoms with van der Waals surface area (Å²) in [6.45, 7) is 6.73. The Bertz CT molecular complexity index is 554. The van der Waals surface area contributed by atoms with E-state index >= 15 is 0 Å². The lowest BCUT2D eigenvalue weighted by Crippen LogP contribution is -2.28. The SMILES string of the molecule is CCN(CCOc1cccc(N)c1)c1cccc(C)c1. The first-order chi connectivity index (χ1) is 9.69. The molecule has 0 atom stereocenters. The van der Waals surface area contributed by atoms with Gasteiger partial charge in [0.2, 0.25) is 0 Å². The van der Waals surface area contributed by atoms with Gasteiger partial charge in [0.1, 0.15) is 12.4 Å². The Morgan fingerprint density at radius 3 is 2.60 bits per heavy atom. The Labute approximate surface area is 121 Å². The van der Waals surface area contributed by atoms with E-state index in [1.54, 1.807) is 0 Å². The third-order valence-corrected chi connectivity index (χ3v) is 3.24. The van der Waals surface area contributed by atoms with Crippen LogP contribution in [0, 0.1) is 6.92 Å². The van der Waals surface area contributed by atoms with Gasteiger partial charge in [-0.05, 0) is 43.7 Å². The van der Waals surface area contributed by atoms with Gasteiger partial charge in [-0.2, -0.15) is 0 Å². The van der Waals surface area contributed by atoms with Gasteiger partial charge in [0.05, 0.1) is 6.54 Å². The number of rotatable bonds is 6. The van der Waals surface area contributed by atoms with Gasteiger partial charge in [-0.15, -0.1) is 0 Å². The lowest BCUT2D eigenvalue weighted by Gasteiger charge is -2.23. The minimum Gasteiger partial charge on any atom is -0.492 e. The van der Waals surface area contributed by atoms with E-state index < -0.39 is 0 Å². The minimum atomic E-state index is 0.644. The summed E-state index contributed by atoms with van der Waals surface area (Å²) in [6, 6.07) is 16.1. The van der Waals surface area contributed by atoms with E-state index in [0.29, 0.717) is 6.61 Å². The number of hydrogen-bond donors (Lipinski definition) is 1. The Kier molecular flexibility index (Phi) is 4.88. The maximum Gasteiger partial charge on any atom is 0.121 e. The fraction of sp³-hybridized carbons (Fsp3) is 0.294. The van der Waals surface area contributed by atoms with E-state index in [4.69, 9.17) is 10.5 Å². The number of likely N-dealkylation sites (N-methyl/N-ethyl adjacent to an activating group) is 1. The molecule has 20 heavy (non-hydrogen) atoms. The maximum atomic E-state index is 5.75. The van der Waals surface area contributed by atoms with Crippen LogP contribution in [-0.2, 0) is 0 Å². The summed E-state index contributed by atoms with van der Waals surface area (Å²) in [5.74, 6) is 0.824. The molecule has 0 aromatic heterocycles. The van der Waals surface area contributed by atoms with Crippen molar-refractivity contribution in [1.82, 2.24) is 0 Å². The van der Waals surface area contributed by atoms with Gasteiger partial charge >= 0.3 is 0 Å². The molecule has 3 heteroatoms. The third kappa shape index (κ3) is 3.92. The van der Waals surface area contributed by atoms with Gasteiger partial charge in [-0.25, -0.2) is 0 Å². The lowest BCUT2D eigenvalue weighted by molar-refractivity contribution is 0.324. The lowest BCUT2D eigenvalue weighted by atomic mass is 10.2. The fourth-order valence-electron chi connectivity index (χ4n) is 2.17. The zero-order chi connectivity index (χ0) is 14.4. The second kappa shape index (κ2) is 6.85. The van der Waals surface area contributed by atoms with Crippen LogP contribution in [-0.4, -0.2) is 19.7 Å². The van der Waals surface area contributed by atoms with Crippen LogP contribution in [0.2, 0.25) is 0 Å². The largest absolute Gasteiger partial charge is 0.492 e. The zero-order valence-corrected chi connectivity index (χ0v) is 12.2. The summed E-state index contributed by atoms with van der Waals surface area (Å²) < 4.78 is 5.75. The monoisotopic (exact) mass is 270 g/mol. The average Bonchev–Trinajstić information content (AvgIpc) is 2.44. The predicted molar refractivity (Wildman–Crippen MR) is 85.4 cm³/mol. The summed E-state index contributed by atoms with van der Waals surface area (Å²) >= 11 is 0. The molecule has 0 aliphatic carbocycles. The number of nitrogens with two attached hydrogens (primary N) is 1. The van der Waals surface area contributed by atoms with Crippen LogP contribution in [0.15, 0.2) is 48.5 Å². The van der Waals surface area contributed by atoms with Crippen LogP contribution in [0.5, 0.6) is 5.75 Å². The molecular weight excluding hydrogens is 248 g/mol. The number of aryl methyl sites for hydroxylation is 1. The van der Waals surface area contributed by atoms with E-state index in [2.05, 4.69) is 43.0 Å². The Morgan fingerprint density at radius 2 is 1.90 bits per heavy atom. The van der Waals surface area contributed by atoms with Crippen LogP contribution in [0.4, 0.5) is 11.4 Å². The first-order valence-electron chi connectivity index (χ1n) is 6.99. The smallest absolute Gasteiger partial charge is 0.121 e. The molecule has 106 valence electrons. The highest BCUT2D eigenvalue weighted by Crippen LogP contribution is 2.17. The van der Waals surface area contributed by atoms with Gasteiger partial charge in [-0.3, -0.25) is 0 Å². The summed E-state index contributed by atoms with van der Waals surface area (Å²) in [5.41, 5.74) is 8.98. The minimum absolute atomic E-state index is 0.644. The number of anilines is 2. The van der Waals surface area contributed by atoms with Crippen LogP contribution < -0.4 is 15.4 Å². The quantitative estimate of drug-likeness (QED) is 0.817. The van der Waals surface area contributed by atoms with Crippen molar-refractivity contribution in [1.29, 1.82) is 0 Å². The summed E-state index contributed by atoms with van der Waals surface area (Å²) in [4.78, 5) is 2.30. The van der Waals surface area contributed by atoms with Crippen LogP contribution >= 0.6 is 0 Å². The molecule has 0 radical (unpaired) electrons. The van der Waals surface area contributed by atoms with Crippen molar-refractivity contribution in [3.05, 3.63) is 54.1 Å². The van der Waals surface area contributed by atoms with Crippen molar-refractivity contribution >= 4 is 11.4 Å². The molecule has 2 rings (SSSR count). The van der Waals surface area contributed by atoms with Crippen LogP contribution in [0.25, 0.3) is 0 Å². The number of ether oxygens (including phenoxy) is 1. The Hall–Kier alpha value is -2.16. The highest BCUT2D eigenvalue weighted by atomic mass is 16.5. The van der Waals surface area contributed by atoms with Crippen molar-refractivity contribution in [2.45, 2.75) is 13.8 Å². The van der Waals surface area contributed by atoms with E-state index in [9.17, 15) is 0 Å². The average molecular weight is 270 g/mol. The molecule has 2 aromatic carbocycles. The van der Waals surface area contributed by atoms with E-state index in [1.165, 1.54) is 11.3 Å². The van der Waals surface area contributed by atoms with Crippen molar-refractivity contribution in [2.24, 2.45) is 0 Å².